The zero-order valence-electron chi connectivity index (χ0n) is 16.4. The van der Waals surface area contributed by atoms with Crippen LogP contribution in [-0.4, -0.2) is 23.8 Å². The quantitative estimate of drug-likeness (QED) is 0.420. The van der Waals surface area contributed by atoms with Gasteiger partial charge in [-0.3, -0.25) is 10.1 Å². The Bertz CT molecular complexity index is 1070. The third-order valence-electron chi connectivity index (χ3n) is 4.65. The summed E-state index contributed by atoms with van der Waals surface area (Å²) in [4.78, 5) is 23.6. The standard InChI is InChI=1S/C22H19N3O4S/c1-3-29-22(26)19-18(14-7-5-4-6-8-14)17(13-23)21(30-2)24-20(19)15-9-11-16(12-10-15)25(27)28/h4-12,18,24H,3H2,1-2H3/t18-/m0/s1. The fraction of sp³-hybridized carbons (Fsp3) is 0.182. The summed E-state index contributed by atoms with van der Waals surface area (Å²) in [6.45, 7) is 1.89. The number of nitriles is 1. The first kappa shape index (κ1) is 21.1. The largest absolute Gasteiger partial charge is 0.463 e. The van der Waals surface area contributed by atoms with Crippen LogP contribution in [0.1, 0.15) is 24.0 Å². The van der Waals surface area contributed by atoms with Crippen LogP contribution in [0.2, 0.25) is 0 Å². The highest BCUT2D eigenvalue weighted by atomic mass is 32.2. The van der Waals surface area contributed by atoms with Crippen molar-refractivity contribution in [3.8, 4) is 6.07 Å². The number of allylic oxidation sites excluding steroid dienone is 1. The number of thioether (sulfide) groups is 1. The number of ether oxygens (including phenoxy) is 1. The van der Waals surface area contributed by atoms with E-state index in [1.54, 1.807) is 19.1 Å². The fourth-order valence-corrected chi connectivity index (χ4v) is 3.92. The van der Waals surface area contributed by atoms with Gasteiger partial charge in [0.15, 0.2) is 0 Å². The second kappa shape index (κ2) is 9.29. The molecule has 2 aromatic carbocycles. The Morgan fingerprint density at radius 1 is 1.23 bits per heavy atom. The first-order valence-corrected chi connectivity index (χ1v) is 10.4. The average Bonchev–Trinajstić information content (AvgIpc) is 2.78. The Hall–Kier alpha value is -3.57. The van der Waals surface area contributed by atoms with Crippen molar-refractivity contribution in [3.05, 3.63) is 92.0 Å². The van der Waals surface area contributed by atoms with Gasteiger partial charge >= 0.3 is 5.97 Å². The summed E-state index contributed by atoms with van der Waals surface area (Å²) < 4.78 is 5.32. The molecular weight excluding hydrogens is 402 g/mol. The van der Waals surface area contributed by atoms with Crippen LogP contribution in [0.15, 0.2) is 70.8 Å². The summed E-state index contributed by atoms with van der Waals surface area (Å²) >= 11 is 1.36. The molecule has 1 aliphatic heterocycles. The van der Waals surface area contributed by atoms with E-state index in [0.29, 0.717) is 27.4 Å². The lowest BCUT2D eigenvalue weighted by atomic mass is 9.81. The first-order valence-electron chi connectivity index (χ1n) is 9.18. The van der Waals surface area contributed by atoms with E-state index in [1.165, 1.54) is 23.9 Å². The van der Waals surface area contributed by atoms with Gasteiger partial charge in [-0.05, 0) is 36.4 Å². The molecule has 0 spiro atoms. The Kier molecular flexibility index (Phi) is 6.54. The number of non-ortho nitro benzene ring substituents is 1. The highest BCUT2D eigenvalue weighted by Crippen LogP contribution is 2.43. The zero-order chi connectivity index (χ0) is 21.7. The summed E-state index contributed by atoms with van der Waals surface area (Å²) in [5.41, 5.74) is 2.51. The molecule has 7 nitrogen and oxygen atoms in total. The lowest BCUT2D eigenvalue weighted by molar-refractivity contribution is -0.384. The van der Waals surface area contributed by atoms with Gasteiger partial charge in [0, 0.05) is 12.1 Å². The molecule has 3 rings (SSSR count). The van der Waals surface area contributed by atoms with E-state index in [2.05, 4.69) is 11.4 Å². The maximum atomic E-state index is 13.0. The van der Waals surface area contributed by atoms with Crippen LogP contribution in [0.4, 0.5) is 5.69 Å². The number of nitrogens with zero attached hydrogens (tertiary/aromatic N) is 2. The summed E-state index contributed by atoms with van der Waals surface area (Å²) in [6, 6.07) is 17.4. The van der Waals surface area contributed by atoms with Crippen molar-refractivity contribution in [1.82, 2.24) is 5.32 Å². The number of hydrogen-bond acceptors (Lipinski definition) is 7. The Labute approximate surface area is 178 Å². The van der Waals surface area contributed by atoms with Crippen molar-refractivity contribution in [2.75, 3.05) is 12.9 Å². The van der Waals surface area contributed by atoms with Gasteiger partial charge in [-0.25, -0.2) is 4.79 Å². The first-order chi connectivity index (χ1) is 14.5. The lowest BCUT2D eigenvalue weighted by Gasteiger charge is -2.30. The molecule has 0 amide bonds. The predicted molar refractivity (Wildman–Crippen MR) is 115 cm³/mol. The molecule has 0 saturated heterocycles. The Morgan fingerprint density at radius 3 is 2.43 bits per heavy atom. The van der Waals surface area contributed by atoms with Crippen LogP contribution in [0.25, 0.3) is 5.70 Å². The molecule has 1 N–H and O–H groups in total. The van der Waals surface area contributed by atoms with Crippen molar-refractivity contribution >= 4 is 29.1 Å². The minimum atomic E-state index is -0.621. The predicted octanol–water partition coefficient (Wildman–Crippen LogP) is 4.35. The number of benzene rings is 2. The lowest BCUT2D eigenvalue weighted by Crippen LogP contribution is -2.29. The van der Waals surface area contributed by atoms with Crippen molar-refractivity contribution in [2.24, 2.45) is 0 Å². The van der Waals surface area contributed by atoms with Gasteiger partial charge in [0.1, 0.15) is 0 Å². The highest BCUT2D eigenvalue weighted by molar-refractivity contribution is 8.02. The molecule has 1 atom stereocenters. The molecule has 1 aliphatic rings. The molecule has 30 heavy (non-hydrogen) atoms. The Balaban J connectivity index is 2.27. The number of dihydropyridines is 1. The van der Waals surface area contributed by atoms with Gasteiger partial charge in [0.2, 0.25) is 0 Å². The summed E-state index contributed by atoms with van der Waals surface area (Å²) in [5, 5.41) is 24.7. The molecule has 0 saturated carbocycles. The molecule has 0 fully saturated rings. The zero-order valence-corrected chi connectivity index (χ0v) is 17.2. The van der Waals surface area contributed by atoms with Crippen LogP contribution in [0.3, 0.4) is 0 Å². The van der Waals surface area contributed by atoms with E-state index in [9.17, 15) is 20.2 Å². The van der Waals surface area contributed by atoms with Gasteiger partial charge in [-0.2, -0.15) is 5.26 Å². The van der Waals surface area contributed by atoms with E-state index < -0.39 is 16.8 Å². The van der Waals surface area contributed by atoms with E-state index >= 15 is 0 Å². The summed E-state index contributed by atoms with van der Waals surface area (Å²) in [7, 11) is 0. The third-order valence-corrected chi connectivity index (χ3v) is 5.38. The van der Waals surface area contributed by atoms with E-state index in [1.807, 2.05) is 36.6 Å². The van der Waals surface area contributed by atoms with E-state index in [0.717, 1.165) is 5.56 Å². The molecule has 1 heterocycles. The molecule has 8 heteroatoms. The number of nitrogens with one attached hydrogen (secondary N) is 1. The molecule has 0 aliphatic carbocycles. The topological polar surface area (TPSA) is 105 Å². The van der Waals surface area contributed by atoms with Crippen LogP contribution in [-0.2, 0) is 9.53 Å². The molecule has 2 aromatic rings. The molecule has 0 unspecified atom stereocenters. The van der Waals surface area contributed by atoms with Gasteiger partial charge in [-0.1, -0.05) is 30.3 Å². The van der Waals surface area contributed by atoms with Crippen molar-refractivity contribution in [2.45, 2.75) is 12.8 Å². The van der Waals surface area contributed by atoms with Gasteiger partial charge < -0.3 is 10.1 Å². The van der Waals surface area contributed by atoms with Crippen LogP contribution in [0, 0.1) is 21.4 Å². The van der Waals surface area contributed by atoms with Gasteiger partial charge in [0.25, 0.3) is 5.69 Å². The number of esters is 1. The smallest absolute Gasteiger partial charge is 0.337 e. The van der Waals surface area contributed by atoms with E-state index in [4.69, 9.17) is 4.74 Å². The highest BCUT2D eigenvalue weighted by Gasteiger charge is 2.36. The number of nitro groups is 1. The minimum absolute atomic E-state index is 0.0502. The van der Waals surface area contributed by atoms with E-state index in [-0.39, 0.29) is 12.3 Å². The number of hydrogen-bond donors (Lipinski definition) is 1. The maximum Gasteiger partial charge on any atom is 0.337 e. The van der Waals surface area contributed by atoms with Crippen LogP contribution >= 0.6 is 11.8 Å². The molecule has 0 bridgehead atoms. The Morgan fingerprint density at radius 2 is 1.90 bits per heavy atom. The number of nitro benzene ring substituents is 1. The SMILES string of the molecule is CCOC(=O)C1=C(c2ccc([N+](=O)[O-])cc2)NC(SC)=C(C#N)[C@@H]1c1ccccc1. The molecule has 0 aromatic heterocycles. The fourth-order valence-electron chi connectivity index (χ4n) is 3.33. The second-order valence-corrected chi connectivity index (χ2v) is 7.16. The number of carbonyl (C=O) groups excluding carboxylic acids is 1. The van der Waals surface area contributed by atoms with Crippen LogP contribution in [0.5, 0.6) is 0 Å². The van der Waals surface area contributed by atoms with Crippen molar-refractivity contribution in [3.63, 3.8) is 0 Å². The summed E-state index contributed by atoms with van der Waals surface area (Å²) in [5.74, 6) is -1.16. The minimum Gasteiger partial charge on any atom is -0.463 e. The van der Waals surface area contributed by atoms with Gasteiger partial charge in [0.05, 0.1) is 45.4 Å². The van der Waals surface area contributed by atoms with Crippen molar-refractivity contribution in [1.29, 1.82) is 5.26 Å². The normalized spacial score (nSPS) is 16.0. The summed E-state index contributed by atoms with van der Waals surface area (Å²) in [6.07, 6.45) is 1.84. The molecule has 152 valence electrons. The monoisotopic (exact) mass is 421 g/mol. The second-order valence-electron chi connectivity index (χ2n) is 6.34. The number of rotatable bonds is 6. The maximum absolute atomic E-state index is 13.0. The molecule has 0 radical (unpaired) electrons. The van der Waals surface area contributed by atoms with Crippen molar-refractivity contribution < 1.29 is 14.5 Å². The van der Waals surface area contributed by atoms with Crippen LogP contribution < -0.4 is 5.32 Å². The third kappa shape index (κ3) is 4.07. The average molecular weight is 421 g/mol. The number of carbonyl (C=O) groups is 1. The molecular formula is C22H19N3O4S. The van der Waals surface area contributed by atoms with Gasteiger partial charge in [-0.15, -0.1) is 11.8 Å².